The van der Waals surface area contributed by atoms with Crippen molar-refractivity contribution in [2.24, 2.45) is 10.9 Å². The van der Waals surface area contributed by atoms with Gasteiger partial charge in [0.1, 0.15) is 17.0 Å². The molecule has 146 valence electrons. The molecule has 7 heteroatoms. The van der Waals surface area contributed by atoms with Gasteiger partial charge in [-0.2, -0.15) is 4.98 Å². The number of aliphatic imine (C=N–C) groups is 1. The van der Waals surface area contributed by atoms with Gasteiger partial charge in [0.2, 0.25) is 5.96 Å². The van der Waals surface area contributed by atoms with Crippen LogP contribution in [0.2, 0.25) is 0 Å². The van der Waals surface area contributed by atoms with E-state index in [1.807, 2.05) is 48.5 Å². The van der Waals surface area contributed by atoms with Gasteiger partial charge in [0.15, 0.2) is 5.58 Å². The predicted octanol–water partition coefficient (Wildman–Crippen LogP) is 3.81. The fourth-order valence-corrected chi connectivity index (χ4v) is 3.84. The molecule has 0 unspecified atom stereocenters. The molecule has 7 nitrogen and oxygen atoms in total. The van der Waals surface area contributed by atoms with Crippen molar-refractivity contribution in [1.82, 2.24) is 10.3 Å². The molecular weight excluding hydrogens is 368 g/mol. The number of ether oxygens (including phenoxy) is 1. The zero-order valence-corrected chi connectivity index (χ0v) is 15.9. The number of nitrogens with zero attached hydrogens (tertiary/aromatic N) is 2. The van der Waals surface area contributed by atoms with Gasteiger partial charge < -0.3 is 14.5 Å². The van der Waals surface area contributed by atoms with E-state index >= 15 is 0 Å². The number of Topliss-reactive ketones (excluding diaryl/α,β-unsaturated/α-hetero) is 1. The fraction of sp³-hybridized carbons (Fsp3) is 0.227. The standard InChI is InChI=1S/C22H20N4O3/c1-28-14-11-9-13(10-12-14)20-19-16(6-4-7-17(19)27)23-21(25-20)26-22-24-15-5-2-3-8-18(15)29-22/h2-3,5-6,8-12,19-20H,4,7H2,1H3,(H2,23,24,25,26)/t19-,20-/m0/s1. The lowest BCUT2D eigenvalue weighted by Gasteiger charge is -2.34. The largest absolute Gasteiger partial charge is 0.497 e. The Morgan fingerprint density at radius 2 is 2.00 bits per heavy atom. The Morgan fingerprint density at radius 3 is 2.79 bits per heavy atom. The number of rotatable bonds is 3. The Bertz CT molecular complexity index is 1100. The molecule has 29 heavy (non-hydrogen) atoms. The van der Waals surface area contributed by atoms with Crippen molar-refractivity contribution in [2.45, 2.75) is 18.9 Å². The van der Waals surface area contributed by atoms with Gasteiger partial charge in [-0.25, -0.2) is 4.99 Å². The number of hydrogen-bond acceptors (Lipinski definition) is 7. The van der Waals surface area contributed by atoms with Crippen LogP contribution in [0.3, 0.4) is 0 Å². The number of benzene rings is 2. The topological polar surface area (TPSA) is 88.8 Å². The molecule has 0 saturated carbocycles. The van der Waals surface area contributed by atoms with Crippen LogP contribution >= 0.6 is 0 Å². The molecule has 0 saturated heterocycles. The maximum absolute atomic E-state index is 12.7. The molecule has 1 aliphatic carbocycles. The number of guanidine groups is 1. The summed E-state index contributed by atoms with van der Waals surface area (Å²) in [4.78, 5) is 21.9. The third-order valence-electron chi connectivity index (χ3n) is 5.26. The lowest BCUT2D eigenvalue weighted by atomic mass is 9.81. The fourth-order valence-electron chi connectivity index (χ4n) is 3.84. The third-order valence-corrected chi connectivity index (χ3v) is 5.26. The van der Waals surface area contributed by atoms with Gasteiger partial charge in [-0.15, -0.1) is 0 Å². The van der Waals surface area contributed by atoms with Crippen LogP contribution in [-0.4, -0.2) is 23.8 Å². The molecule has 0 radical (unpaired) electrons. The molecule has 2 N–H and O–H groups in total. The molecular formula is C22H20N4O3. The highest BCUT2D eigenvalue weighted by Gasteiger charge is 2.38. The van der Waals surface area contributed by atoms with E-state index in [0.29, 0.717) is 24.0 Å². The van der Waals surface area contributed by atoms with Gasteiger partial charge >= 0.3 is 6.01 Å². The van der Waals surface area contributed by atoms with E-state index in [1.54, 1.807) is 7.11 Å². The Labute approximate surface area is 167 Å². The van der Waals surface area contributed by atoms with E-state index in [0.717, 1.165) is 28.9 Å². The van der Waals surface area contributed by atoms with E-state index in [9.17, 15) is 4.79 Å². The SMILES string of the molecule is COc1ccc([C@@H]2N=C(Nc3nc4ccccc4o3)NC3=CCCC(=O)[C@H]32)cc1. The molecule has 0 spiro atoms. The number of methoxy groups -OCH3 is 1. The van der Waals surface area contributed by atoms with Crippen molar-refractivity contribution >= 4 is 28.9 Å². The van der Waals surface area contributed by atoms with Crippen LogP contribution in [0.5, 0.6) is 5.75 Å². The second-order valence-electron chi connectivity index (χ2n) is 7.07. The lowest BCUT2D eigenvalue weighted by Crippen LogP contribution is -2.43. The summed E-state index contributed by atoms with van der Waals surface area (Å²) >= 11 is 0. The number of nitrogens with one attached hydrogen (secondary N) is 2. The minimum Gasteiger partial charge on any atom is -0.497 e. The minimum atomic E-state index is -0.326. The lowest BCUT2D eigenvalue weighted by molar-refractivity contribution is -0.122. The smallest absolute Gasteiger partial charge is 0.302 e. The molecule has 0 amide bonds. The zero-order valence-electron chi connectivity index (χ0n) is 15.9. The van der Waals surface area contributed by atoms with E-state index < -0.39 is 0 Å². The number of carbonyl (C=O) groups excluding carboxylic acids is 1. The van der Waals surface area contributed by atoms with Gasteiger partial charge in [-0.3, -0.25) is 10.1 Å². The minimum absolute atomic E-state index is 0.195. The Morgan fingerprint density at radius 1 is 1.17 bits per heavy atom. The number of anilines is 1. The number of hydrogen-bond donors (Lipinski definition) is 2. The summed E-state index contributed by atoms with van der Waals surface area (Å²) in [6.07, 6.45) is 3.33. The molecule has 2 aliphatic rings. The van der Waals surface area contributed by atoms with Crippen molar-refractivity contribution in [3.63, 3.8) is 0 Å². The number of allylic oxidation sites excluding steroid dienone is 1. The average Bonchev–Trinajstić information content (AvgIpc) is 3.15. The van der Waals surface area contributed by atoms with Gasteiger partial charge in [0, 0.05) is 12.1 Å². The van der Waals surface area contributed by atoms with Gasteiger partial charge in [0.05, 0.1) is 19.1 Å². The summed E-state index contributed by atoms with van der Waals surface area (Å²) < 4.78 is 11.0. The van der Waals surface area contributed by atoms with E-state index in [1.165, 1.54) is 0 Å². The van der Waals surface area contributed by atoms with Crippen LogP contribution in [0.25, 0.3) is 11.1 Å². The Kier molecular flexibility index (Phi) is 4.27. The first kappa shape index (κ1) is 17.5. The summed E-state index contributed by atoms with van der Waals surface area (Å²) in [5, 5.41) is 6.38. The second kappa shape index (κ2) is 7.09. The highest BCUT2D eigenvalue weighted by molar-refractivity contribution is 5.97. The third kappa shape index (κ3) is 3.24. The van der Waals surface area contributed by atoms with Crippen molar-refractivity contribution in [3.05, 3.63) is 65.9 Å². The Balaban J connectivity index is 1.51. The van der Waals surface area contributed by atoms with Crippen LogP contribution in [0.1, 0.15) is 24.4 Å². The van der Waals surface area contributed by atoms with Crippen LogP contribution in [-0.2, 0) is 4.79 Å². The summed E-state index contributed by atoms with van der Waals surface area (Å²) in [6, 6.07) is 15.3. The number of ketones is 1. The summed E-state index contributed by atoms with van der Waals surface area (Å²) in [5.41, 5.74) is 3.29. The van der Waals surface area contributed by atoms with Crippen molar-refractivity contribution in [3.8, 4) is 5.75 Å². The molecule has 2 aromatic carbocycles. The van der Waals surface area contributed by atoms with Crippen LogP contribution in [0.4, 0.5) is 6.01 Å². The summed E-state index contributed by atoms with van der Waals surface area (Å²) in [5.74, 6) is 1.16. The zero-order chi connectivity index (χ0) is 19.8. The van der Waals surface area contributed by atoms with Crippen LogP contribution < -0.4 is 15.4 Å². The van der Waals surface area contributed by atoms with E-state index in [2.05, 4.69) is 21.7 Å². The number of carbonyl (C=O) groups is 1. The number of aromatic nitrogens is 1. The molecule has 1 aromatic heterocycles. The molecule has 2 atom stereocenters. The highest BCUT2D eigenvalue weighted by Crippen LogP contribution is 2.38. The Hall–Kier alpha value is -3.61. The monoisotopic (exact) mass is 388 g/mol. The molecule has 0 fully saturated rings. The first-order chi connectivity index (χ1) is 14.2. The van der Waals surface area contributed by atoms with Crippen LogP contribution in [0.15, 0.2) is 69.7 Å². The van der Waals surface area contributed by atoms with E-state index in [-0.39, 0.29) is 17.7 Å². The molecule has 0 bridgehead atoms. The average molecular weight is 388 g/mol. The van der Waals surface area contributed by atoms with Crippen LogP contribution in [0, 0.1) is 5.92 Å². The number of oxazole rings is 1. The summed E-state index contributed by atoms with van der Waals surface area (Å²) in [6.45, 7) is 0. The van der Waals surface area contributed by atoms with Crippen molar-refractivity contribution in [1.29, 1.82) is 0 Å². The second-order valence-corrected chi connectivity index (χ2v) is 7.07. The maximum Gasteiger partial charge on any atom is 0.302 e. The number of para-hydroxylation sites is 2. The first-order valence-electron chi connectivity index (χ1n) is 9.55. The molecule has 1 aliphatic heterocycles. The highest BCUT2D eigenvalue weighted by atomic mass is 16.5. The van der Waals surface area contributed by atoms with Gasteiger partial charge in [-0.05, 0) is 36.2 Å². The van der Waals surface area contributed by atoms with Gasteiger partial charge in [-0.1, -0.05) is 30.3 Å². The van der Waals surface area contributed by atoms with Gasteiger partial charge in [0.25, 0.3) is 0 Å². The predicted molar refractivity (Wildman–Crippen MR) is 110 cm³/mol. The van der Waals surface area contributed by atoms with Crippen molar-refractivity contribution < 1.29 is 13.9 Å². The number of fused-ring (bicyclic) bond motifs is 2. The van der Waals surface area contributed by atoms with Crippen molar-refractivity contribution in [2.75, 3.05) is 12.4 Å². The first-order valence-corrected chi connectivity index (χ1v) is 9.55. The quantitative estimate of drug-likeness (QED) is 0.709. The molecule has 3 aromatic rings. The maximum atomic E-state index is 12.7. The van der Waals surface area contributed by atoms with E-state index in [4.69, 9.17) is 14.1 Å². The molecule has 5 rings (SSSR count). The normalized spacial score (nSPS) is 21.1. The summed E-state index contributed by atoms with van der Waals surface area (Å²) in [7, 11) is 1.63. The molecule has 2 heterocycles.